The summed E-state index contributed by atoms with van der Waals surface area (Å²) in [4.78, 5) is 11.8. The van der Waals surface area contributed by atoms with E-state index in [1.165, 1.54) is 0 Å². The van der Waals surface area contributed by atoms with Crippen molar-refractivity contribution in [2.45, 2.75) is 12.6 Å². The number of benzene rings is 1. The van der Waals surface area contributed by atoms with Crippen LogP contribution in [0, 0.1) is 0 Å². The maximum Gasteiger partial charge on any atom is 0.241 e. The molecular formula is C14H15ClN2O2. The van der Waals surface area contributed by atoms with Crippen LogP contribution < -0.4 is 10.6 Å². The zero-order chi connectivity index (χ0) is 12.4. The van der Waals surface area contributed by atoms with Gasteiger partial charge in [-0.25, -0.2) is 0 Å². The minimum absolute atomic E-state index is 0. The number of carbonyl (C=O) groups is 1. The number of carbonyl (C=O) groups excluding carboxylic acids is 1. The van der Waals surface area contributed by atoms with Crippen LogP contribution in [0.25, 0.3) is 11.0 Å². The topological polar surface area (TPSA) is 54.3 Å². The number of para-hydroxylation sites is 1. The molecule has 0 spiro atoms. The van der Waals surface area contributed by atoms with Gasteiger partial charge in [-0.15, -0.1) is 12.4 Å². The fourth-order valence-electron chi connectivity index (χ4n) is 2.06. The van der Waals surface area contributed by atoms with Gasteiger partial charge in [0.15, 0.2) is 0 Å². The average Bonchev–Trinajstić information content (AvgIpc) is 3.04. The first kappa shape index (κ1) is 13.6. The molecule has 0 aliphatic carbocycles. The Labute approximate surface area is 117 Å². The summed E-state index contributed by atoms with van der Waals surface area (Å²) in [7, 11) is 0. The van der Waals surface area contributed by atoms with Crippen molar-refractivity contribution < 1.29 is 9.21 Å². The van der Waals surface area contributed by atoms with Crippen molar-refractivity contribution in [1.82, 2.24) is 10.6 Å². The van der Waals surface area contributed by atoms with Gasteiger partial charge in [-0.1, -0.05) is 30.4 Å². The van der Waals surface area contributed by atoms with Crippen LogP contribution in [-0.4, -0.2) is 18.5 Å². The molecule has 2 N–H and O–H groups in total. The minimum atomic E-state index is -0.214. The molecule has 2 heterocycles. The predicted octanol–water partition coefficient (Wildman–Crippen LogP) is 2.00. The Bertz CT molecular complexity index is 573. The zero-order valence-corrected chi connectivity index (χ0v) is 11.1. The molecule has 0 fully saturated rings. The van der Waals surface area contributed by atoms with E-state index in [1.54, 1.807) is 0 Å². The Morgan fingerprint density at radius 1 is 1.42 bits per heavy atom. The second-order valence-corrected chi connectivity index (χ2v) is 4.28. The highest BCUT2D eigenvalue weighted by molar-refractivity contribution is 5.85. The number of halogens is 1. The Kier molecular flexibility index (Phi) is 4.24. The second kappa shape index (κ2) is 5.91. The molecule has 3 rings (SSSR count). The maximum atomic E-state index is 11.8. The predicted molar refractivity (Wildman–Crippen MR) is 76.2 cm³/mol. The van der Waals surface area contributed by atoms with E-state index in [4.69, 9.17) is 4.42 Å². The SMILES string of the molecule is Cl.O=C(NCc1cc2ccccc2o1)C1C=CCN1. The monoisotopic (exact) mass is 278 g/mol. The summed E-state index contributed by atoms with van der Waals surface area (Å²) in [5, 5.41) is 6.98. The molecule has 1 aromatic heterocycles. The van der Waals surface area contributed by atoms with E-state index in [-0.39, 0.29) is 24.4 Å². The quantitative estimate of drug-likeness (QED) is 0.845. The highest BCUT2D eigenvalue weighted by atomic mass is 35.5. The highest BCUT2D eigenvalue weighted by Gasteiger charge is 2.17. The van der Waals surface area contributed by atoms with Gasteiger partial charge in [0.2, 0.25) is 5.91 Å². The second-order valence-electron chi connectivity index (χ2n) is 4.28. The van der Waals surface area contributed by atoms with Gasteiger partial charge in [0.1, 0.15) is 17.4 Å². The summed E-state index contributed by atoms with van der Waals surface area (Å²) in [5.41, 5.74) is 0.848. The maximum absolute atomic E-state index is 11.8. The van der Waals surface area contributed by atoms with Crippen LogP contribution in [0.5, 0.6) is 0 Å². The van der Waals surface area contributed by atoms with Crippen LogP contribution in [0.4, 0.5) is 0 Å². The smallest absolute Gasteiger partial charge is 0.241 e. The summed E-state index contributed by atoms with van der Waals surface area (Å²) in [6, 6.07) is 9.55. The summed E-state index contributed by atoms with van der Waals surface area (Å²) < 4.78 is 5.63. The van der Waals surface area contributed by atoms with Crippen molar-refractivity contribution in [2.75, 3.05) is 6.54 Å². The Morgan fingerprint density at radius 3 is 3.00 bits per heavy atom. The van der Waals surface area contributed by atoms with Crippen molar-refractivity contribution in [3.63, 3.8) is 0 Å². The molecule has 0 radical (unpaired) electrons. The van der Waals surface area contributed by atoms with Gasteiger partial charge in [-0.2, -0.15) is 0 Å². The number of fused-ring (bicyclic) bond motifs is 1. The molecule has 0 saturated carbocycles. The van der Waals surface area contributed by atoms with E-state index in [2.05, 4.69) is 10.6 Å². The third kappa shape index (κ3) is 2.97. The van der Waals surface area contributed by atoms with E-state index in [9.17, 15) is 4.79 Å². The van der Waals surface area contributed by atoms with Crippen LogP contribution >= 0.6 is 12.4 Å². The normalized spacial score (nSPS) is 17.4. The Hall–Kier alpha value is -1.78. The molecular weight excluding hydrogens is 264 g/mol. The number of nitrogens with one attached hydrogen (secondary N) is 2. The molecule has 0 saturated heterocycles. The first-order valence-corrected chi connectivity index (χ1v) is 5.98. The molecule has 1 unspecified atom stereocenters. The van der Waals surface area contributed by atoms with Gasteiger partial charge >= 0.3 is 0 Å². The average molecular weight is 279 g/mol. The van der Waals surface area contributed by atoms with Gasteiger partial charge in [0.05, 0.1) is 6.54 Å². The van der Waals surface area contributed by atoms with Gasteiger partial charge < -0.3 is 9.73 Å². The van der Waals surface area contributed by atoms with E-state index in [0.717, 1.165) is 23.3 Å². The number of rotatable bonds is 3. The molecule has 1 amide bonds. The first-order valence-electron chi connectivity index (χ1n) is 5.98. The van der Waals surface area contributed by atoms with Crippen LogP contribution in [0.1, 0.15) is 5.76 Å². The Balaban J connectivity index is 0.00000133. The molecule has 4 nitrogen and oxygen atoms in total. The molecule has 1 aromatic carbocycles. The van der Waals surface area contributed by atoms with E-state index >= 15 is 0 Å². The lowest BCUT2D eigenvalue weighted by Gasteiger charge is -2.08. The molecule has 100 valence electrons. The minimum Gasteiger partial charge on any atom is -0.459 e. The number of hydrogen-bond acceptors (Lipinski definition) is 3. The molecule has 19 heavy (non-hydrogen) atoms. The van der Waals surface area contributed by atoms with Gasteiger partial charge in [-0.3, -0.25) is 10.1 Å². The van der Waals surface area contributed by atoms with Crippen LogP contribution in [0.15, 0.2) is 46.9 Å². The first-order chi connectivity index (χ1) is 8.83. The molecule has 1 aliphatic heterocycles. The molecule has 0 bridgehead atoms. The summed E-state index contributed by atoms with van der Waals surface area (Å²) >= 11 is 0. The standard InChI is InChI=1S/C14H14N2O2.ClH/c17-14(12-5-3-7-15-12)16-9-11-8-10-4-1-2-6-13(10)18-11;/h1-6,8,12,15H,7,9H2,(H,16,17);1H. The van der Waals surface area contributed by atoms with Gasteiger partial charge in [0, 0.05) is 11.9 Å². The summed E-state index contributed by atoms with van der Waals surface area (Å²) in [6.45, 7) is 1.17. The summed E-state index contributed by atoms with van der Waals surface area (Å²) in [5.74, 6) is 0.746. The van der Waals surface area contributed by atoms with Crippen molar-refractivity contribution in [2.24, 2.45) is 0 Å². The highest BCUT2D eigenvalue weighted by Crippen LogP contribution is 2.18. The van der Waals surface area contributed by atoms with E-state index < -0.39 is 0 Å². The number of hydrogen-bond donors (Lipinski definition) is 2. The molecule has 1 aliphatic rings. The van der Waals surface area contributed by atoms with E-state index in [0.29, 0.717) is 6.54 Å². The van der Waals surface area contributed by atoms with Gasteiger partial charge in [0.25, 0.3) is 0 Å². The molecule has 5 heteroatoms. The Morgan fingerprint density at radius 2 is 2.26 bits per heavy atom. The fraction of sp³-hybridized carbons (Fsp3) is 0.214. The van der Waals surface area contributed by atoms with Crippen LogP contribution in [-0.2, 0) is 11.3 Å². The summed E-state index contributed by atoms with van der Waals surface area (Å²) in [6.07, 6.45) is 3.82. The lowest BCUT2D eigenvalue weighted by molar-refractivity contribution is -0.122. The lowest BCUT2D eigenvalue weighted by atomic mass is 10.2. The van der Waals surface area contributed by atoms with Crippen LogP contribution in [0.2, 0.25) is 0 Å². The largest absolute Gasteiger partial charge is 0.459 e. The van der Waals surface area contributed by atoms with Crippen molar-refractivity contribution in [3.8, 4) is 0 Å². The van der Waals surface area contributed by atoms with Crippen LogP contribution in [0.3, 0.4) is 0 Å². The fourth-order valence-corrected chi connectivity index (χ4v) is 2.06. The van der Waals surface area contributed by atoms with Crippen molar-refractivity contribution in [1.29, 1.82) is 0 Å². The zero-order valence-electron chi connectivity index (χ0n) is 10.3. The molecule has 2 aromatic rings. The number of amides is 1. The third-order valence-corrected chi connectivity index (χ3v) is 2.98. The lowest BCUT2D eigenvalue weighted by Crippen LogP contribution is -2.40. The van der Waals surface area contributed by atoms with E-state index in [1.807, 2.05) is 42.5 Å². The molecule has 1 atom stereocenters. The number of furan rings is 1. The van der Waals surface area contributed by atoms with Gasteiger partial charge in [-0.05, 0) is 12.1 Å². The third-order valence-electron chi connectivity index (χ3n) is 2.98. The van der Waals surface area contributed by atoms with Crippen molar-refractivity contribution in [3.05, 3.63) is 48.2 Å². The van der Waals surface area contributed by atoms with Crippen molar-refractivity contribution >= 4 is 29.3 Å².